The maximum atomic E-state index is 12.1. The van der Waals surface area contributed by atoms with Gasteiger partial charge in [-0.3, -0.25) is 0 Å². The monoisotopic (exact) mass is 241 g/mol. The Morgan fingerprint density at radius 3 is 3.18 bits per heavy atom. The molecule has 17 heavy (non-hydrogen) atoms. The van der Waals surface area contributed by atoms with Crippen molar-refractivity contribution in [2.75, 3.05) is 33.4 Å². The van der Waals surface area contributed by atoms with E-state index in [-0.39, 0.29) is 11.6 Å². The second-order valence-corrected chi connectivity index (χ2v) is 5.23. The van der Waals surface area contributed by atoms with Gasteiger partial charge in [0, 0.05) is 26.7 Å². The number of hydrogen-bond acceptors (Lipinski definition) is 3. The molecule has 2 bridgehead atoms. The first kappa shape index (κ1) is 12.6. The minimum absolute atomic E-state index is 0.0249. The molecule has 0 spiro atoms. The van der Waals surface area contributed by atoms with Gasteiger partial charge in [-0.15, -0.1) is 0 Å². The molecule has 1 saturated carbocycles. The number of rotatable bonds is 4. The SMILES string of the molecule is COCCNC(=O)N1CC2CCCC1(CN)C2. The highest BCUT2D eigenvalue weighted by Gasteiger charge is 2.48. The topological polar surface area (TPSA) is 67.6 Å². The number of methoxy groups -OCH3 is 1. The molecule has 0 radical (unpaired) electrons. The summed E-state index contributed by atoms with van der Waals surface area (Å²) < 4.78 is 4.94. The summed E-state index contributed by atoms with van der Waals surface area (Å²) in [5.41, 5.74) is 5.84. The summed E-state index contributed by atoms with van der Waals surface area (Å²) in [6.07, 6.45) is 4.58. The Labute approximate surface area is 103 Å². The zero-order chi connectivity index (χ0) is 12.3. The smallest absolute Gasteiger partial charge is 0.317 e. The molecule has 2 aliphatic rings. The summed E-state index contributed by atoms with van der Waals surface area (Å²) in [5, 5.41) is 2.90. The number of amides is 2. The van der Waals surface area contributed by atoms with Crippen LogP contribution in [0.15, 0.2) is 0 Å². The molecule has 98 valence electrons. The molecule has 5 heteroatoms. The van der Waals surface area contributed by atoms with Gasteiger partial charge in [-0.2, -0.15) is 0 Å². The molecule has 0 aromatic rings. The normalized spacial score (nSPS) is 31.6. The van der Waals surface area contributed by atoms with Crippen LogP contribution >= 0.6 is 0 Å². The van der Waals surface area contributed by atoms with Gasteiger partial charge in [-0.25, -0.2) is 4.79 Å². The van der Waals surface area contributed by atoms with Crippen molar-refractivity contribution < 1.29 is 9.53 Å². The Hall–Kier alpha value is -0.810. The van der Waals surface area contributed by atoms with Crippen LogP contribution in [0.5, 0.6) is 0 Å². The summed E-state index contributed by atoms with van der Waals surface area (Å²) in [4.78, 5) is 14.1. The van der Waals surface area contributed by atoms with Crippen molar-refractivity contribution in [3.8, 4) is 0 Å². The Kier molecular flexibility index (Phi) is 3.89. The van der Waals surface area contributed by atoms with E-state index in [9.17, 15) is 4.79 Å². The lowest BCUT2D eigenvalue weighted by Gasteiger charge is -2.38. The average Bonchev–Trinajstić information content (AvgIpc) is 2.61. The maximum absolute atomic E-state index is 12.1. The molecule has 0 aromatic carbocycles. The van der Waals surface area contributed by atoms with Crippen molar-refractivity contribution in [2.24, 2.45) is 11.7 Å². The van der Waals surface area contributed by atoms with Gasteiger partial charge < -0.3 is 20.7 Å². The summed E-state index contributed by atoms with van der Waals surface area (Å²) in [5.74, 6) is 0.653. The first-order chi connectivity index (χ1) is 8.22. The number of nitrogens with one attached hydrogen (secondary N) is 1. The summed E-state index contributed by atoms with van der Waals surface area (Å²) in [6, 6.07) is 0.0249. The number of likely N-dealkylation sites (tertiary alicyclic amines) is 1. The van der Waals surface area contributed by atoms with E-state index in [0.29, 0.717) is 25.6 Å². The molecule has 3 N–H and O–H groups in total. The van der Waals surface area contributed by atoms with E-state index < -0.39 is 0 Å². The molecule has 2 unspecified atom stereocenters. The number of urea groups is 1. The van der Waals surface area contributed by atoms with Gasteiger partial charge in [0.15, 0.2) is 0 Å². The van der Waals surface area contributed by atoms with E-state index in [1.807, 2.05) is 4.90 Å². The fourth-order valence-electron chi connectivity index (χ4n) is 3.26. The van der Waals surface area contributed by atoms with Crippen LogP contribution < -0.4 is 11.1 Å². The molecule has 0 aromatic heterocycles. The number of carbonyl (C=O) groups excluding carboxylic acids is 1. The molecule has 5 nitrogen and oxygen atoms in total. The number of nitrogens with zero attached hydrogens (tertiary/aromatic N) is 1. The highest BCUT2D eigenvalue weighted by atomic mass is 16.5. The third-order valence-corrected chi connectivity index (χ3v) is 4.14. The Bertz CT molecular complexity index is 285. The van der Waals surface area contributed by atoms with Crippen molar-refractivity contribution in [3.63, 3.8) is 0 Å². The van der Waals surface area contributed by atoms with E-state index in [2.05, 4.69) is 5.32 Å². The minimum atomic E-state index is -0.0694. The summed E-state index contributed by atoms with van der Waals surface area (Å²) >= 11 is 0. The van der Waals surface area contributed by atoms with Gasteiger partial charge in [0.25, 0.3) is 0 Å². The molecule has 1 heterocycles. The Morgan fingerprint density at radius 2 is 2.47 bits per heavy atom. The molecule has 2 fully saturated rings. The van der Waals surface area contributed by atoms with Gasteiger partial charge in [0.05, 0.1) is 12.1 Å². The second-order valence-electron chi connectivity index (χ2n) is 5.23. The summed E-state index contributed by atoms with van der Waals surface area (Å²) in [6.45, 7) is 2.58. The van der Waals surface area contributed by atoms with E-state index in [0.717, 1.165) is 19.4 Å². The first-order valence-electron chi connectivity index (χ1n) is 6.46. The fraction of sp³-hybridized carbons (Fsp3) is 0.917. The summed E-state index contributed by atoms with van der Waals surface area (Å²) in [7, 11) is 1.64. The van der Waals surface area contributed by atoms with Gasteiger partial charge in [-0.05, 0) is 25.2 Å². The van der Waals surface area contributed by atoms with Crippen LogP contribution in [0.2, 0.25) is 0 Å². The lowest BCUT2D eigenvalue weighted by molar-refractivity contribution is 0.135. The predicted molar refractivity (Wildman–Crippen MR) is 65.7 cm³/mol. The van der Waals surface area contributed by atoms with Gasteiger partial charge in [0.2, 0.25) is 0 Å². The van der Waals surface area contributed by atoms with E-state index in [1.54, 1.807) is 7.11 Å². The average molecular weight is 241 g/mol. The molecule has 2 rings (SSSR count). The lowest BCUT2D eigenvalue weighted by Crippen LogP contribution is -2.55. The lowest BCUT2D eigenvalue weighted by atomic mass is 9.80. The predicted octanol–water partition coefficient (Wildman–Crippen LogP) is 0.546. The number of hydrogen-bond donors (Lipinski definition) is 2. The van der Waals surface area contributed by atoms with Crippen molar-refractivity contribution in [3.05, 3.63) is 0 Å². The van der Waals surface area contributed by atoms with Crippen molar-refractivity contribution in [1.82, 2.24) is 10.2 Å². The van der Waals surface area contributed by atoms with Gasteiger partial charge in [0.1, 0.15) is 0 Å². The number of fused-ring (bicyclic) bond motifs is 2. The van der Waals surface area contributed by atoms with Crippen LogP contribution in [0.25, 0.3) is 0 Å². The Balaban J connectivity index is 1.97. The van der Waals surface area contributed by atoms with Crippen LogP contribution in [0.1, 0.15) is 25.7 Å². The van der Waals surface area contributed by atoms with Gasteiger partial charge >= 0.3 is 6.03 Å². The third kappa shape index (κ3) is 2.40. The van der Waals surface area contributed by atoms with E-state index in [1.165, 1.54) is 12.8 Å². The largest absolute Gasteiger partial charge is 0.383 e. The number of carbonyl (C=O) groups is 1. The number of ether oxygens (including phenoxy) is 1. The molecular formula is C12H23N3O2. The zero-order valence-corrected chi connectivity index (χ0v) is 10.6. The van der Waals surface area contributed by atoms with Crippen molar-refractivity contribution in [1.29, 1.82) is 0 Å². The van der Waals surface area contributed by atoms with Crippen molar-refractivity contribution >= 4 is 6.03 Å². The van der Waals surface area contributed by atoms with Crippen LogP contribution in [0, 0.1) is 5.92 Å². The molecule has 2 amide bonds. The zero-order valence-electron chi connectivity index (χ0n) is 10.6. The fourth-order valence-corrected chi connectivity index (χ4v) is 3.26. The minimum Gasteiger partial charge on any atom is -0.383 e. The Morgan fingerprint density at radius 1 is 1.65 bits per heavy atom. The quantitative estimate of drug-likeness (QED) is 0.706. The van der Waals surface area contributed by atoms with E-state index in [4.69, 9.17) is 10.5 Å². The molecule has 1 aliphatic carbocycles. The molecular weight excluding hydrogens is 218 g/mol. The second kappa shape index (κ2) is 5.23. The molecule has 1 saturated heterocycles. The van der Waals surface area contributed by atoms with Crippen molar-refractivity contribution in [2.45, 2.75) is 31.2 Å². The van der Waals surface area contributed by atoms with Crippen LogP contribution in [-0.4, -0.2) is 49.8 Å². The van der Waals surface area contributed by atoms with E-state index >= 15 is 0 Å². The highest BCUT2D eigenvalue weighted by molar-refractivity contribution is 5.75. The van der Waals surface area contributed by atoms with Crippen LogP contribution in [-0.2, 0) is 4.74 Å². The van der Waals surface area contributed by atoms with Gasteiger partial charge in [-0.1, -0.05) is 6.42 Å². The molecule has 2 atom stereocenters. The standard InChI is InChI=1S/C12H23N3O2/c1-17-6-5-14-11(16)15-8-10-3-2-4-12(15,7-10)9-13/h10H,2-9,13H2,1H3,(H,14,16). The molecule has 1 aliphatic heterocycles. The highest BCUT2D eigenvalue weighted by Crippen LogP contribution is 2.43. The first-order valence-corrected chi connectivity index (χ1v) is 6.46. The van der Waals surface area contributed by atoms with Crippen LogP contribution in [0.4, 0.5) is 4.79 Å². The number of nitrogens with two attached hydrogens (primary N) is 1. The maximum Gasteiger partial charge on any atom is 0.317 e. The van der Waals surface area contributed by atoms with Crippen LogP contribution in [0.3, 0.4) is 0 Å². The third-order valence-electron chi connectivity index (χ3n) is 4.14.